The third-order valence-electron chi connectivity index (χ3n) is 2.04. The molecule has 0 heterocycles. The maximum atomic E-state index is 11.2. The largest absolute Gasteiger partial charge is 0.479 e. The Morgan fingerprint density at radius 2 is 2.24 bits per heavy atom. The first kappa shape index (κ1) is 13.2. The van der Waals surface area contributed by atoms with Gasteiger partial charge in [0.05, 0.1) is 16.0 Å². The van der Waals surface area contributed by atoms with Gasteiger partial charge >= 0.3 is 0 Å². The summed E-state index contributed by atoms with van der Waals surface area (Å²) in [6, 6.07) is 3.80. The van der Waals surface area contributed by atoms with Crippen LogP contribution in [0.1, 0.15) is 6.92 Å². The van der Waals surface area contributed by atoms with Crippen LogP contribution in [0.3, 0.4) is 0 Å². The maximum absolute atomic E-state index is 11.2. The van der Waals surface area contributed by atoms with E-state index in [4.69, 9.17) is 16.3 Å². The summed E-state index contributed by atoms with van der Waals surface area (Å²) in [5, 5.41) is 13.2. The summed E-state index contributed by atoms with van der Waals surface area (Å²) in [7, 11) is 1.47. The van der Waals surface area contributed by atoms with Crippen LogP contribution in [0.15, 0.2) is 18.2 Å². The highest BCUT2D eigenvalue weighted by Crippen LogP contribution is 2.29. The van der Waals surface area contributed by atoms with Gasteiger partial charge in [-0.3, -0.25) is 14.9 Å². The molecule has 0 aromatic heterocycles. The number of hydrogen-bond acceptors (Lipinski definition) is 4. The Morgan fingerprint density at radius 3 is 2.76 bits per heavy atom. The first-order valence-corrected chi connectivity index (χ1v) is 5.15. The van der Waals surface area contributed by atoms with Gasteiger partial charge in [0.1, 0.15) is 5.75 Å². The molecule has 0 spiro atoms. The molecule has 0 radical (unpaired) electrons. The van der Waals surface area contributed by atoms with E-state index in [1.165, 1.54) is 32.2 Å². The summed E-state index contributed by atoms with van der Waals surface area (Å²) >= 11 is 5.81. The summed E-state index contributed by atoms with van der Waals surface area (Å²) < 4.78 is 5.24. The molecule has 0 saturated heterocycles. The number of benzene rings is 1. The molecule has 1 aromatic carbocycles. The summed E-state index contributed by atoms with van der Waals surface area (Å²) in [5.41, 5.74) is -0.145. The van der Waals surface area contributed by atoms with Crippen LogP contribution in [-0.4, -0.2) is 24.0 Å². The molecule has 1 aromatic rings. The van der Waals surface area contributed by atoms with Gasteiger partial charge < -0.3 is 10.1 Å². The second-order valence-electron chi connectivity index (χ2n) is 3.25. The Balaban J connectivity index is 2.93. The van der Waals surface area contributed by atoms with Gasteiger partial charge in [0.2, 0.25) is 0 Å². The minimum atomic E-state index is -0.778. The molecule has 0 aliphatic rings. The van der Waals surface area contributed by atoms with E-state index in [-0.39, 0.29) is 22.4 Å². The van der Waals surface area contributed by atoms with Crippen LogP contribution in [-0.2, 0) is 4.79 Å². The second kappa shape index (κ2) is 5.49. The van der Waals surface area contributed by atoms with Gasteiger partial charge in [-0.2, -0.15) is 0 Å². The highest BCUT2D eigenvalue weighted by atomic mass is 35.5. The van der Waals surface area contributed by atoms with E-state index in [1.807, 2.05) is 0 Å². The fourth-order valence-corrected chi connectivity index (χ4v) is 1.31. The average Bonchev–Trinajstić information content (AvgIpc) is 2.30. The molecule has 0 aliphatic carbocycles. The van der Waals surface area contributed by atoms with Crippen molar-refractivity contribution in [3.63, 3.8) is 0 Å². The van der Waals surface area contributed by atoms with Crippen LogP contribution >= 0.6 is 11.6 Å². The molecular weight excluding hydrogens is 248 g/mol. The normalized spacial score (nSPS) is 11.7. The number of amides is 1. The van der Waals surface area contributed by atoms with Crippen molar-refractivity contribution in [1.82, 2.24) is 5.32 Å². The number of nitrogens with one attached hydrogen (secondary N) is 1. The molecule has 1 unspecified atom stereocenters. The molecule has 0 saturated carbocycles. The number of ether oxygens (including phenoxy) is 1. The number of carbonyl (C=O) groups is 1. The van der Waals surface area contributed by atoms with Crippen molar-refractivity contribution in [2.75, 3.05) is 7.05 Å². The Kier molecular flexibility index (Phi) is 4.28. The molecule has 0 bridgehead atoms. The maximum Gasteiger partial charge on any atom is 0.273 e. The van der Waals surface area contributed by atoms with E-state index in [9.17, 15) is 14.9 Å². The summed E-state index contributed by atoms with van der Waals surface area (Å²) in [6.45, 7) is 1.52. The van der Waals surface area contributed by atoms with Crippen molar-refractivity contribution in [2.45, 2.75) is 13.0 Å². The van der Waals surface area contributed by atoms with Crippen molar-refractivity contribution >= 4 is 23.2 Å². The topological polar surface area (TPSA) is 81.5 Å². The predicted molar refractivity (Wildman–Crippen MR) is 62.3 cm³/mol. The summed E-state index contributed by atoms with van der Waals surface area (Å²) in [5.74, 6) is -0.232. The van der Waals surface area contributed by atoms with Crippen molar-refractivity contribution in [3.8, 4) is 5.75 Å². The van der Waals surface area contributed by atoms with Crippen molar-refractivity contribution in [3.05, 3.63) is 33.3 Å². The van der Waals surface area contributed by atoms with Gasteiger partial charge in [0.15, 0.2) is 6.10 Å². The van der Waals surface area contributed by atoms with Gasteiger partial charge in [0.25, 0.3) is 11.6 Å². The number of nitro groups is 1. The number of hydrogen-bond donors (Lipinski definition) is 1. The zero-order valence-electron chi connectivity index (χ0n) is 9.27. The number of non-ortho nitro benzene ring substituents is 1. The van der Waals surface area contributed by atoms with Crippen molar-refractivity contribution in [2.24, 2.45) is 0 Å². The van der Waals surface area contributed by atoms with Crippen molar-refractivity contribution < 1.29 is 14.5 Å². The summed E-state index contributed by atoms with van der Waals surface area (Å²) in [4.78, 5) is 21.2. The van der Waals surface area contributed by atoms with Crippen molar-refractivity contribution in [1.29, 1.82) is 0 Å². The third-order valence-corrected chi connectivity index (χ3v) is 2.36. The fraction of sp³-hybridized carbons (Fsp3) is 0.300. The lowest BCUT2D eigenvalue weighted by molar-refractivity contribution is -0.384. The Morgan fingerprint density at radius 1 is 1.59 bits per heavy atom. The first-order chi connectivity index (χ1) is 7.95. The van der Waals surface area contributed by atoms with E-state index in [1.54, 1.807) is 0 Å². The molecule has 1 amide bonds. The molecule has 0 aliphatic heterocycles. The van der Waals surface area contributed by atoms with E-state index >= 15 is 0 Å². The van der Waals surface area contributed by atoms with Gasteiger partial charge in [0, 0.05) is 13.1 Å². The minimum Gasteiger partial charge on any atom is -0.479 e. The lowest BCUT2D eigenvalue weighted by atomic mass is 10.3. The highest BCUT2D eigenvalue weighted by molar-refractivity contribution is 6.32. The number of likely N-dealkylation sites (N-methyl/N-ethyl adjacent to an activating group) is 1. The fourth-order valence-electron chi connectivity index (χ4n) is 1.14. The Bertz CT molecular complexity index is 450. The molecule has 6 nitrogen and oxygen atoms in total. The molecule has 92 valence electrons. The zero-order chi connectivity index (χ0) is 13.0. The molecule has 7 heteroatoms. The molecular formula is C10H11ClN2O4. The number of halogens is 1. The first-order valence-electron chi connectivity index (χ1n) is 4.78. The van der Waals surface area contributed by atoms with Crippen LogP contribution in [0.4, 0.5) is 5.69 Å². The molecule has 1 rings (SSSR count). The Hall–Kier alpha value is -1.82. The predicted octanol–water partition coefficient (Wildman–Crippen LogP) is 1.76. The number of rotatable bonds is 4. The van der Waals surface area contributed by atoms with Gasteiger partial charge in [-0.25, -0.2) is 0 Å². The van der Waals surface area contributed by atoms with Gasteiger partial charge in [-0.1, -0.05) is 11.6 Å². The number of nitro benzene ring substituents is 1. The lowest BCUT2D eigenvalue weighted by Crippen LogP contribution is -2.33. The Labute approximate surface area is 103 Å². The van der Waals surface area contributed by atoms with E-state index in [2.05, 4.69) is 5.32 Å². The van der Waals surface area contributed by atoms with Crippen LogP contribution in [0.5, 0.6) is 5.75 Å². The van der Waals surface area contributed by atoms with Gasteiger partial charge in [-0.05, 0) is 13.0 Å². The third kappa shape index (κ3) is 3.32. The van der Waals surface area contributed by atoms with E-state index < -0.39 is 11.0 Å². The zero-order valence-corrected chi connectivity index (χ0v) is 10.0. The van der Waals surface area contributed by atoms with E-state index in [0.717, 1.165) is 0 Å². The monoisotopic (exact) mass is 258 g/mol. The molecule has 1 N–H and O–H groups in total. The van der Waals surface area contributed by atoms with Crippen LogP contribution in [0.2, 0.25) is 5.02 Å². The molecule has 17 heavy (non-hydrogen) atoms. The minimum absolute atomic E-state index is 0.108. The van der Waals surface area contributed by atoms with Gasteiger partial charge in [-0.15, -0.1) is 0 Å². The van der Waals surface area contributed by atoms with Crippen LogP contribution in [0, 0.1) is 10.1 Å². The molecule has 0 fully saturated rings. The number of carbonyl (C=O) groups excluding carboxylic acids is 1. The second-order valence-corrected chi connectivity index (χ2v) is 3.65. The quantitative estimate of drug-likeness (QED) is 0.659. The smallest absolute Gasteiger partial charge is 0.273 e. The standard InChI is InChI=1S/C10H11ClN2O4/c1-6(10(14)12-2)17-9-5-7(13(15)16)3-4-8(9)11/h3-6H,1-2H3,(H,12,14). The van der Waals surface area contributed by atoms with Crippen LogP contribution in [0.25, 0.3) is 0 Å². The summed E-state index contributed by atoms with van der Waals surface area (Å²) in [6.07, 6.45) is -0.778. The average molecular weight is 259 g/mol. The number of nitrogens with zero attached hydrogens (tertiary/aromatic N) is 1. The highest BCUT2D eigenvalue weighted by Gasteiger charge is 2.17. The lowest BCUT2D eigenvalue weighted by Gasteiger charge is -2.13. The molecule has 1 atom stereocenters. The SMILES string of the molecule is CNC(=O)C(C)Oc1cc([N+](=O)[O-])ccc1Cl. The van der Waals surface area contributed by atoms with Crippen LogP contribution < -0.4 is 10.1 Å². The van der Waals surface area contributed by atoms with E-state index in [0.29, 0.717) is 0 Å².